The number of aromatic amines is 1. The van der Waals surface area contributed by atoms with Gasteiger partial charge in [0.2, 0.25) is 0 Å². The molecule has 0 bridgehead atoms. The topological polar surface area (TPSA) is 49.7 Å². The summed E-state index contributed by atoms with van der Waals surface area (Å²) in [6.45, 7) is 3.21. The summed E-state index contributed by atoms with van der Waals surface area (Å²) in [5.74, 6) is 1.72. The van der Waals surface area contributed by atoms with Gasteiger partial charge in [-0.25, -0.2) is 9.97 Å². The first-order valence-corrected chi connectivity index (χ1v) is 6.50. The second kappa shape index (κ2) is 4.94. The normalized spacial score (nSPS) is 18.3. The van der Waals surface area contributed by atoms with Gasteiger partial charge in [0.05, 0.1) is 12.9 Å². The first-order valence-electron chi connectivity index (χ1n) is 6.50. The van der Waals surface area contributed by atoms with Gasteiger partial charge in [0.1, 0.15) is 5.82 Å². The molecule has 1 saturated heterocycles. The molecule has 0 radical (unpaired) electrons. The van der Waals surface area contributed by atoms with Crippen LogP contribution in [0.15, 0.2) is 24.9 Å². The maximum atomic E-state index is 4.28. The lowest BCUT2D eigenvalue weighted by Crippen LogP contribution is -2.33. The van der Waals surface area contributed by atoms with Crippen LogP contribution in [0.2, 0.25) is 0 Å². The fourth-order valence-corrected chi connectivity index (χ4v) is 2.74. The smallest absolute Gasteiger partial charge is 0.120 e. The molecule has 1 aliphatic heterocycles. The zero-order chi connectivity index (χ0) is 12.4. The number of hydrogen-bond donors (Lipinski definition) is 1. The SMILES string of the molecule is Cn1cncc1C1CCN(Cc2ncc[nH]2)CC1. The summed E-state index contributed by atoms with van der Waals surface area (Å²) >= 11 is 0. The van der Waals surface area contributed by atoms with Crippen molar-refractivity contribution in [2.24, 2.45) is 7.05 Å². The van der Waals surface area contributed by atoms with Crippen molar-refractivity contribution in [3.63, 3.8) is 0 Å². The second-order valence-corrected chi connectivity index (χ2v) is 5.02. The number of rotatable bonds is 3. The highest BCUT2D eigenvalue weighted by molar-refractivity contribution is 5.07. The van der Waals surface area contributed by atoms with Gasteiger partial charge in [-0.05, 0) is 25.9 Å². The van der Waals surface area contributed by atoms with E-state index in [1.165, 1.54) is 18.5 Å². The lowest BCUT2D eigenvalue weighted by molar-refractivity contribution is 0.198. The molecule has 2 aromatic heterocycles. The molecular weight excluding hydrogens is 226 g/mol. The number of piperidine rings is 1. The third-order valence-corrected chi connectivity index (χ3v) is 3.79. The average Bonchev–Trinajstić information content (AvgIpc) is 3.02. The van der Waals surface area contributed by atoms with Gasteiger partial charge in [-0.1, -0.05) is 0 Å². The van der Waals surface area contributed by atoms with Gasteiger partial charge in [-0.2, -0.15) is 0 Å². The van der Waals surface area contributed by atoms with Crippen LogP contribution in [0, 0.1) is 0 Å². The number of aryl methyl sites for hydroxylation is 1. The van der Waals surface area contributed by atoms with Gasteiger partial charge < -0.3 is 9.55 Å². The molecule has 3 heterocycles. The Morgan fingerprint density at radius 3 is 2.83 bits per heavy atom. The van der Waals surface area contributed by atoms with Crippen molar-refractivity contribution >= 4 is 0 Å². The predicted molar refractivity (Wildman–Crippen MR) is 69.0 cm³/mol. The Kier molecular flexibility index (Phi) is 3.15. The third kappa shape index (κ3) is 2.31. The molecule has 18 heavy (non-hydrogen) atoms. The highest BCUT2D eigenvalue weighted by atomic mass is 15.2. The van der Waals surface area contributed by atoms with E-state index in [4.69, 9.17) is 0 Å². The van der Waals surface area contributed by atoms with E-state index in [-0.39, 0.29) is 0 Å². The third-order valence-electron chi connectivity index (χ3n) is 3.79. The fraction of sp³-hybridized carbons (Fsp3) is 0.538. The Morgan fingerprint density at radius 2 is 2.22 bits per heavy atom. The molecule has 0 aliphatic carbocycles. The molecule has 0 amide bonds. The summed E-state index contributed by atoms with van der Waals surface area (Å²) in [7, 11) is 2.08. The van der Waals surface area contributed by atoms with Crippen molar-refractivity contribution in [3.8, 4) is 0 Å². The number of hydrogen-bond acceptors (Lipinski definition) is 3. The molecule has 0 atom stereocenters. The molecule has 5 nitrogen and oxygen atoms in total. The van der Waals surface area contributed by atoms with Crippen molar-refractivity contribution in [2.45, 2.75) is 25.3 Å². The molecule has 96 valence electrons. The summed E-state index contributed by atoms with van der Waals surface area (Å²) in [5, 5.41) is 0. The van der Waals surface area contributed by atoms with E-state index in [2.05, 4.69) is 31.5 Å². The van der Waals surface area contributed by atoms with Crippen LogP contribution < -0.4 is 0 Å². The van der Waals surface area contributed by atoms with Crippen LogP contribution in [0.5, 0.6) is 0 Å². The number of aromatic nitrogens is 4. The van der Waals surface area contributed by atoms with E-state index in [1.54, 1.807) is 0 Å². The zero-order valence-corrected chi connectivity index (χ0v) is 10.7. The van der Waals surface area contributed by atoms with E-state index in [9.17, 15) is 0 Å². The van der Waals surface area contributed by atoms with E-state index < -0.39 is 0 Å². The van der Waals surface area contributed by atoms with Crippen LogP contribution in [-0.2, 0) is 13.6 Å². The molecule has 0 saturated carbocycles. The molecule has 0 spiro atoms. The Balaban J connectivity index is 1.57. The van der Waals surface area contributed by atoms with Crippen LogP contribution in [0.4, 0.5) is 0 Å². The number of nitrogens with one attached hydrogen (secondary N) is 1. The highest BCUT2D eigenvalue weighted by Crippen LogP contribution is 2.27. The minimum Gasteiger partial charge on any atom is -0.348 e. The van der Waals surface area contributed by atoms with Gasteiger partial charge in [-0.3, -0.25) is 4.90 Å². The standard InChI is InChI=1S/C13H19N5/c1-17-10-14-8-12(17)11-2-6-18(7-3-11)9-13-15-4-5-16-13/h4-5,8,10-11H,2-3,6-7,9H2,1H3,(H,15,16). The molecule has 0 aromatic carbocycles. The van der Waals surface area contributed by atoms with E-state index >= 15 is 0 Å². The molecule has 5 heteroatoms. The maximum Gasteiger partial charge on any atom is 0.120 e. The van der Waals surface area contributed by atoms with E-state index in [0.29, 0.717) is 5.92 Å². The Bertz CT molecular complexity index is 479. The van der Waals surface area contributed by atoms with Gasteiger partial charge in [0.25, 0.3) is 0 Å². The first-order chi connectivity index (χ1) is 8.83. The quantitative estimate of drug-likeness (QED) is 0.892. The van der Waals surface area contributed by atoms with Gasteiger partial charge >= 0.3 is 0 Å². The van der Waals surface area contributed by atoms with Crippen molar-refractivity contribution in [2.75, 3.05) is 13.1 Å². The summed E-state index contributed by atoms with van der Waals surface area (Å²) in [6, 6.07) is 0. The Hall–Kier alpha value is -1.62. The lowest BCUT2D eigenvalue weighted by Gasteiger charge is -2.31. The number of imidazole rings is 2. The summed E-state index contributed by atoms with van der Waals surface area (Å²) in [5.41, 5.74) is 1.37. The number of likely N-dealkylation sites (tertiary alicyclic amines) is 1. The summed E-state index contributed by atoms with van der Waals surface area (Å²) in [4.78, 5) is 14.1. The zero-order valence-electron chi connectivity index (χ0n) is 10.7. The number of H-pyrrole nitrogens is 1. The molecule has 1 fully saturated rings. The summed E-state index contributed by atoms with van der Waals surface area (Å²) in [6.07, 6.45) is 10.0. The van der Waals surface area contributed by atoms with Crippen LogP contribution in [-0.4, -0.2) is 37.5 Å². The molecule has 0 unspecified atom stereocenters. The molecule has 2 aromatic rings. The van der Waals surface area contributed by atoms with Crippen LogP contribution in [0.25, 0.3) is 0 Å². The minimum atomic E-state index is 0.658. The van der Waals surface area contributed by atoms with Crippen molar-refractivity contribution in [1.82, 2.24) is 24.4 Å². The van der Waals surface area contributed by atoms with Crippen LogP contribution in [0.1, 0.15) is 30.3 Å². The average molecular weight is 245 g/mol. The fourth-order valence-electron chi connectivity index (χ4n) is 2.74. The summed E-state index contributed by atoms with van der Waals surface area (Å²) < 4.78 is 2.15. The van der Waals surface area contributed by atoms with E-state index in [0.717, 1.165) is 25.5 Å². The van der Waals surface area contributed by atoms with E-state index in [1.807, 2.05) is 24.9 Å². The Morgan fingerprint density at radius 1 is 1.39 bits per heavy atom. The van der Waals surface area contributed by atoms with Crippen LogP contribution >= 0.6 is 0 Å². The first kappa shape index (κ1) is 11.5. The van der Waals surface area contributed by atoms with Gasteiger partial charge in [0.15, 0.2) is 0 Å². The van der Waals surface area contributed by atoms with Crippen molar-refractivity contribution in [1.29, 1.82) is 0 Å². The van der Waals surface area contributed by atoms with Gasteiger partial charge in [-0.15, -0.1) is 0 Å². The largest absolute Gasteiger partial charge is 0.348 e. The van der Waals surface area contributed by atoms with Crippen molar-refractivity contribution < 1.29 is 0 Å². The van der Waals surface area contributed by atoms with Gasteiger partial charge in [0, 0.05) is 37.3 Å². The number of nitrogens with zero attached hydrogens (tertiary/aromatic N) is 4. The van der Waals surface area contributed by atoms with Crippen molar-refractivity contribution in [3.05, 3.63) is 36.4 Å². The second-order valence-electron chi connectivity index (χ2n) is 5.02. The highest BCUT2D eigenvalue weighted by Gasteiger charge is 2.22. The molecule has 1 N–H and O–H groups in total. The maximum absolute atomic E-state index is 4.28. The Labute approximate surface area is 107 Å². The molecule has 3 rings (SSSR count). The minimum absolute atomic E-state index is 0.658. The van der Waals surface area contributed by atoms with Crippen LogP contribution in [0.3, 0.4) is 0 Å². The molecular formula is C13H19N5. The molecule has 1 aliphatic rings. The predicted octanol–water partition coefficient (Wildman–Crippen LogP) is 1.52. The monoisotopic (exact) mass is 245 g/mol. The lowest BCUT2D eigenvalue weighted by atomic mass is 9.94.